The first-order valence-electron chi connectivity index (χ1n) is 7.63. The van der Waals surface area contributed by atoms with Gasteiger partial charge in [0.25, 0.3) is 0 Å². The Morgan fingerprint density at radius 3 is 2.62 bits per heavy atom. The summed E-state index contributed by atoms with van der Waals surface area (Å²) in [5.74, 6) is 1.13. The van der Waals surface area contributed by atoms with Gasteiger partial charge in [-0.2, -0.15) is 0 Å². The lowest BCUT2D eigenvalue weighted by molar-refractivity contribution is -0.383. The molecule has 116 valence electrons. The highest BCUT2D eigenvalue weighted by Crippen LogP contribution is 2.32. The molecule has 1 aromatic heterocycles. The molecule has 21 heavy (non-hydrogen) atoms. The predicted molar refractivity (Wildman–Crippen MR) is 82.5 cm³/mol. The molecule has 0 spiro atoms. The Labute approximate surface area is 124 Å². The summed E-state index contributed by atoms with van der Waals surface area (Å²) in [6, 6.07) is 0.174. The van der Waals surface area contributed by atoms with Gasteiger partial charge in [-0.25, -0.2) is 9.97 Å². The van der Waals surface area contributed by atoms with Crippen LogP contribution < -0.4 is 10.6 Å². The lowest BCUT2D eigenvalue weighted by atomic mass is 9.84. The molecule has 2 N–H and O–H groups in total. The minimum atomic E-state index is -0.423. The van der Waals surface area contributed by atoms with Crippen molar-refractivity contribution in [3.63, 3.8) is 0 Å². The van der Waals surface area contributed by atoms with Crippen LogP contribution in [0.3, 0.4) is 0 Å². The van der Waals surface area contributed by atoms with Gasteiger partial charge in [0, 0.05) is 12.6 Å². The van der Waals surface area contributed by atoms with E-state index in [1.165, 1.54) is 38.4 Å². The second-order valence-electron chi connectivity index (χ2n) is 5.54. The molecular formula is C14H23N5O2. The molecule has 2 rings (SSSR count). The smallest absolute Gasteiger partial charge is 0.353 e. The average molecular weight is 293 g/mol. The zero-order valence-corrected chi connectivity index (χ0v) is 12.6. The first kappa shape index (κ1) is 15.5. The molecule has 7 nitrogen and oxygen atoms in total. The first-order valence-corrected chi connectivity index (χ1v) is 7.63. The maximum atomic E-state index is 11.3. The van der Waals surface area contributed by atoms with E-state index >= 15 is 0 Å². The molecule has 1 aliphatic carbocycles. The van der Waals surface area contributed by atoms with Gasteiger partial charge in [0.05, 0.1) is 4.92 Å². The third-order valence-corrected chi connectivity index (χ3v) is 4.07. The number of aromatic nitrogens is 2. The monoisotopic (exact) mass is 293 g/mol. The van der Waals surface area contributed by atoms with Crippen molar-refractivity contribution in [3.8, 4) is 0 Å². The highest BCUT2D eigenvalue weighted by atomic mass is 16.6. The highest BCUT2D eigenvalue weighted by Gasteiger charge is 2.26. The number of rotatable bonds is 6. The largest absolute Gasteiger partial charge is 0.364 e. The number of nitro groups is 1. The van der Waals surface area contributed by atoms with E-state index in [9.17, 15) is 10.1 Å². The second-order valence-corrected chi connectivity index (χ2v) is 5.54. The van der Waals surface area contributed by atoms with Gasteiger partial charge in [-0.05, 0) is 32.6 Å². The summed E-state index contributed by atoms with van der Waals surface area (Å²) in [5, 5.41) is 17.5. The van der Waals surface area contributed by atoms with Gasteiger partial charge in [0.1, 0.15) is 6.33 Å². The van der Waals surface area contributed by atoms with Crippen molar-refractivity contribution in [1.82, 2.24) is 9.97 Å². The van der Waals surface area contributed by atoms with Gasteiger partial charge in [0.2, 0.25) is 11.6 Å². The molecule has 1 heterocycles. The molecule has 0 amide bonds. The normalized spacial score (nSPS) is 17.2. The number of nitrogens with zero attached hydrogens (tertiary/aromatic N) is 3. The van der Waals surface area contributed by atoms with Crippen LogP contribution in [-0.4, -0.2) is 27.5 Å². The van der Waals surface area contributed by atoms with Gasteiger partial charge in [-0.3, -0.25) is 10.1 Å². The molecule has 0 saturated heterocycles. The zero-order chi connectivity index (χ0) is 15.2. The number of hydrogen-bond donors (Lipinski definition) is 2. The van der Waals surface area contributed by atoms with Gasteiger partial charge in [-0.15, -0.1) is 0 Å². The van der Waals surface area contributed by atoms with Crippen molar-refractivity contribution in [3.05, 3.63) is 16.4 Å². The fourth-order valence-electron chi connectivity index (χ4n) is 2.92. The predicted octanol–water partition coefficient (Wildman–Crippen LogP) is 3.20. The fraction of sp³-hybridized carbons (Fsp3) is 0.714. The maximum Gasteiger partial charge on any atom is 0.353 e. The summed E-state index contributed by atoms with van der Waals surface area (Å²) in [7, 11) is 0. The topological polar surface area (TPSA) is 93.0 Å². The van der Waals surface area contributed by atoms with Crippen LogP contribution in [0, 0.1) is 16.0 Å². The van der Waals surface area contributed by atoms with Crippen LogP contribution in [0.4, 0.5) is 17.3 Å². The van der Waals surface area contributed by atoms with Crippen molar-refractivity contribution in [2.45, 2.75) is 52.0 Å². The summed E-state index contributed by atoms with van der Waals surface area (Å²) < 4.78 is 0. The van der Waals surface area contributed by atoms with E-state index in [2.05, 4.69) is 27.5 Å². The minimum Gasteiger partial charge on any atom is -0.364 e. The van der Waals surface area contributed by atoms with E-state index in [0.717, 1.165) is 0 Å². The molecular weight excluding hydrogens is 270 g/mol. The quantitative estimate of drug-likeness (QED) is 0.618. The number of hydrogen-bond acceptors (Lipinski definition) is 6. The van der Waals surface area contributed by atoms with E-state index in [4.69, 9.17) is 0 Å². The summed E-state index contributed by atoms with van der Waals surface area (Å²) in [5.41, 5.74) is -0.0676. The van der Waals surface area contributed by atoms with Crippen molar-refractivity contribution in [2.75, 3.05) is 17.2 Å². The van der Waals surface area contributed by atoms with Gasteiger partial charge in [0.15, 0.2) is 0 Å². The Balaban J connectivity index is 2.18. The first-order chi connectivity index (χ1) is 10.1. The molecule has 1 atom stereocenters. The van der Waals surface area contributed by atoms with Crippen LogP contribution in [0.1, 0.15) is 46.0 Å². The van der Waals surface area contributed by atoms with E-state index in [0.29, 0.717) is 18.3 Å². The summed E-state index contributed by atoms with van der Waals surface area (Å²) in [6.07, 6.45) is 7.49. The molecule has 1 saturated carbocycles. The molecule has 7 heteroatoms. The number of nitrogens with one attached hydrogen (secondary N) is 2. The molecule has 0 radical (unpaired) electrons. The van der Waals surface area contributed by atoms with E-state index < -0.39 is 4.92 Å². The minimum absolute atomic E-state index is 0.0676. The Kier molecular flexibility index (Phi) is 5.30. The molecule has 1 aromatic rings. The molecule has 1 aliphatic rings. The van der Waals surface area contributed by atoms with Gasteiger partial charge in [-0.1, -0.05) is 19.3 Å². The Morgan fingerprint density at radius 2 is 2.00 bits per heavy atom. The summed E-state index contributed by atoms with van der Waals surface area (Å²) in [4.78, 5) is 18.9. The van der Waals surface area contributed by atoms with Crippen LogP contribution in [0.5, 0.6) is 0 Å². The highest BCUT2D eigenvalue weighted by molar-refractivity contribution is 5.69. The van der Waals surface area contributed by atoms with Crippen molar-refractivity contribution < 1.29 is 4.92 Å². The molecule has 1 fully saturated rings. The zero-order valence-electron chi connectivity index (χ0n) is 12.6. The van der Waals surface area contributed by atoms with Crippen molar-refractivity contribution in [1.29, 1.82) is 0 Å². The fourth-order valence-corrected chi connectivity index (χ4v) is 2.92. The van der Waals surface area contributed by atoms with Gasteiger partial charge >= 0.3 is 5.69 Å². The molecule has 0 bridgehead atoms. The molecule has 1 unspecified atom stereocenters. The molecule has 0 aromatic carbocycles. The van der Waals surface area contributed by atoms with Crippen LogP contribution in [-0.2, 0) is 0 Å². The Hall–Kier alpha value is -1.92. The van der Waals surface area contributed by atoms with Crippen LogP contribution >= 0.6 is 0 Å². The lowest BCUT2D eigenvalue weighted by Crippen LogP contribution is -2.28. The number of anilines is 2. The van der Waals surface area contributed by atoms with Crippen molar-refractivity contribution >= 4 is 17.3 Å². The van der Waals surface area contributed by atoms with Gasteiger partial charge < -0.3 is 10.6 Å². The lowest BCUT2D eigenvalue weighted by Gasteiger charge is -2.28. The standard InChI is InChI=1S/C14H23N5O2/c1-3-15-13-12(19(20)21)14(17-9-16-13)18-10(2)11-7-5-4-6-8-11/h9-11H,3-8H2,1-2H3,(H2,15,16,17,18). The van der Waals surface area contributed by atoms with E-state index in [1.807, 2.05) is 6.92 Å². The third-order valence-electron chi connectivity index (χ3n) is 4.07. The van der Waals surface area contributed by atoms with E-state index in [1.54, 1.807) is 0 Å². The Morgan fingerprint density at radius 1 is 1.33 bits per heavy atom. The summed E-state index contributed by atoms with van der Waals surface area (Å²) in [6.45, 7) is 4.54. The maximum absolute atomic E-state index is 11.3. The van der Waals surface area contributed by atoms with Crippen LogP contribution in [0.2, 0.25) is 0 Å². The Bertz CT molecular complexity index is 488. The third kappa shape index (κ3) is 3.80. The summed E-state index contributed by atoms with van der Waals surface area (Å²) >= 11 is 0. The SMILES string of the molecule is CCNc1ncnc(NC(C)C2CCCCC2)c1[N+](=O)[O-]. The van der Waals surface area contributed by atoms with Crippen molar-refractivity contribution in [2.24, 2.45) is 5.92 Å². The second kappa shape index (κ2) is 7.19. The molecule has 0 aliphatic heterocycles. The average Bonchev–Trinajstić information content (AvgIpc) is 2.48. The van der Waals surface area contributed by atoms with Crippen LogP contribution in [0.15, 0.2) is 6.33 Å². The van der Waals surface area contributed by atoms with E-state index in [-0.39, 0.29) is 17.5 Å². The van der Waals surface area contributed by atoms with Crippen LogP contribution in [0.25, 0.3) is 0 Å².